The van der Waals surface area contributed by atoms with Crippen LogP contribution in [0.2, 0.25) is 0 Å². The Balaban J connectivity index is 1.98. The number of carbonyl (C=O) groups excluding carboxylic acids is 1. The molecular formula is C17H16FNO3S. The van der Waals surface area contributed by atoms with Crippen molar-refractivity contribution in [3.63, 3.8) is 0 Å². The number of hydrogen-bond donors (Lipinski definition) is 0. The van der Waals surface area contributed by atoms with Crippen LogP contribution < -0.4 is 4.31 Å². The number of aryl methyl sites for hydroxylation is 1. The number of benzene rings is 2. The van der Waals surface area contributed by atoms with Crippen LogP contribution in [0.1, 0.15) is 27.9 Å². The zero-order valence-electron chi connectivity index (χ0n) is 12.6. The van der Waals surface area contributed by atoms with E-state index in [1.807, 2.05) is 25.1 Å². The van der Waals surface area contributed by atoms with Crippen LogP contribution in [0.15, 0.2) is 42.5 Å². The van der Waals surface area contributed by atoms with E-state index >= 15 is 0 Å². The normalized spacial score (nSPS) is 14.7. The molecule has 0 aromatic heterocycles. The van der Waals surface area contributed by atoms with Gasteiger partial charge >= 0.3 is 0 Å². The van der Waals surface area contributed by atoms with Crippen molar-refractivity contribution in [1.82, 2.24) is 0 Å². The number of rotatable bonds is 3. The summed E-state index contributed by atoms with van der Waals surface area (Å²) in [7, 11) is -3.64. The van der Waals surface area contributed by atoms with Gasteiger partial charge in [0.05, 0.1) is 11.4 Å². The van der Waals surface area contributed by atoms with E-state index in [0.29, 0.717) is 5.56 Å². The molecule has 0 unspecified atom stereocenters. The largest absolute Gasteiger partial charge is 0.294 e. The Morgan fingerprint density at radius 2 is 1.96 bits per heavy atom. The molecule has 3 rings (SSSR count). The van der Waals surface area contributed by atoms with Gasteiger partial charge in [0.1, 0.15) is 5.82 Å². The highest BCUT2D eigenvalue weighted by atomic mass is 32.2. The molecule has 0 bridgehead atoms. The van der Waals surface area contributed by atoms with E-state index < -0.39 is 15.8 Å². The lowest BCUT2D eigenvalue weighted by Gasteiger charge is -2.29. The lowest BCUT2D eigenvalue weighted by atomic mass is 10.0. The first-order chi connectivity index (χ1) is 10.9. The summed E-state index contributed by atoms with van der Waals surface area (Å²) in [5.41, 5.74) is 2.05. The van der Waals surface area contributed by atoms with Crippen LogP contribution in [-0.2, 0) is 15.8 Å². The van der Waals surface area contributed by atoms with Crippen molar-refractivity contribution in [1.29, 1.82) is 0 Å². The van der Waals surface area contributed by atoms with Crippen molar-refractivity contribution in [2.24, 2.45) is 0 Å². The van der Waals surface area contributed by atoms with Crippen LogP contribution in [-0.4, -0.2) is 20.7 Å². The Hall–Kier alpha value is -2.21. The predicted molar refractivity (Wildman–Crippen MR) is 86.5 cm³/mol. The number of nitrogens with zero attached hydrogens (tertiary/aromatic N) is 1. The van der Waals surface area contributed by atoms with Crippen molar-refractivity contribution < 1.29 is 17.6 Å². The molecule has 1 aliphatic rings. The Kier molecular flexibility index (Phi) is 3.93. The Morgan fingerprint density at radius 3 is 2.70 bits per heavy atom. The highest BCUT2D eigenvalue weighted by Gasteiger charge is 2.31. The van der Waals surface area contributed by atoms with Gasteiger partial charge in [-0.3, -0.25) is 9.10 Å². The third kappa shape index (κ3) is 3.12. The molecule has 1 heterocycles. The number of hydrogen-bond acceptors (Lipinski definition) is 3. The van der Waals surface area contributed by atoms with E-state index in [9.17, 15) is 17.6 Å². The number of carbonyl (C=O) groups is 1. The van der Waals surface area contributed by atoms with Gasteiger partial charge in [-0.2, -0.15) is 0 Å². The third-order valence-corrected chi connectivity index (χ3v) is 5.59. The van der Waals surface area contributed by atoms with Gasteiger partial charge in [-0.1, -0.05) is 29.8 Å². The quantitative estimate of drug-likeness (QED) is 0.867. The molecule has 2 aromatic carbocycles. The minimum Gasteiger partial charge on any atom is -0.294 e. The number of anilines is 1. The average molecular weight is 333 g/mol. The first-order valence-corrected chi connectivity index (χ1v) is 8.86. The minimum absolute atomic E-state index is 0.0590. The standard InChI is InChI=1S/C17H16FNO3S/c1-12-3-2-4-13(9-12)11-23(21,22)19-8-7-17(20)15-10-14(18)5-6-16(15)19/h2-6,9-10H,7-8,11H2,1H3. The van der Waals surface area contributed by atoms with Gasteiger partial charge in [0.15, 0.2) is 5.78 Å². The molecule has 0 saturated carbocycles. The van der Waals surface area contributed by atoms with Gasteiger partial charge < -0.3 is 0 Å². The monoisotopic (exact) mass is 333 g/mol. The summed E-state index contributed by atoms with van der Waals surface area (Å²) in [6, 6.07) is 10.9. The highest BCUT2D eigenvalue weighted by molar-refractivity contribution is 7.92. The van der Waals surface area contributed by atoms with Crippen molar-refractivity contribution in [2.75, 3.05) is 10.8 Å². The van der Waals surface area contributed by atoms with Crippen LogP contribution in [0.4, 0.5) is 10.1 Å². The molecule has 2 aromatic rings. The summed E-state index contributed by atoms with van der Waals surface area (Å²) in [5, 5.41) is 0. The van der Waals surface area contributed by atoms with Crippen LogP contribution in [0.25, 0.3) is 0 Å². The van der Waals surface area contributed by atoms with Gasteiger partial charge in [-0.25, -0.2) is 12.8 Å². The van der Waals surface area contributed by atoms with E-state index in [2.05, 4.69) is 0 Å². The molecule has 120 valence electrons. The van der Waals surface area contributed by atoms with Crippen LogP contribution in [0, 0.1) is 12.7 Å². The van der Waals surface area contributed by atoms with Gasteiger partial charge in [0.2, 0.25) is 10.0 Å². The Bertz CT molecular complexity index is 877. The third-order valence-electron chi connectivity index (χ3n) is 3.84. The first kappa shape index (κ1) is 15.7. The lowest BCUT2D eigenvalue weighted by Crippen LogP contribution is -2.38. The predicted octanol–water partition coefficient (Wildman–Crippen LogP) is 3.06. The molecule has 0 N–H and O–H groups in total. The summed E-state index contributed by atoms with van der Waals surface area (Å²) in [6.45, 7) is 1.99. The van der Waals surface area contributed by atoms with Crippen LogP contribution in [0.5, 0.6) is 0 Å². The van der Waals surface area contributed by atoms with Crippen molar-refractivity contribution in [2.45, 2.75) is 19.1 Å². The lowest BCUT2D eigenvalue weighted by molar-refractivity contribution is 0.0981. The maximum Gasteiger partial charge on any atom is 0.239 e. The molecule has 0 atom stereocenters. The topological polar surface area (TPSA) is 54.5 Å². The van der Waals surface area contributed by atoms with Crippen LogP contribution in [0.3, 0.4) is 0 Å². The zero-order chi connectivity index (χ0) is 16.6. The van der Waals surface area contributed by atoms with Gasteiger partial charge in [0, 0.05) is 18.5 Å². The molecule has 1 aliphatic heterocycles. The van der Waals surface area contributed by atoms with E-state index in [1.165, 1.54) is 16.4 Å². The fourth-order valence-electron chi connectivity index (χ4n) is 2.79. The van der Waals surface area contributed by atoms with Crippen molar-refractivity contribution in [3.05, 3.63) is 65.0 Å². The summed E-state index contributed by atoms with van der Waals surface area (Å²) >= 11 is 0. The summed E-state index contributed by atoms with van der Waals surface area (Å²) < 4.78 is 40.1. The molecule has 4 nitrogen and oxygen atoms in total. The second-order valence-corrected chi connectivity index (χ2v) is 7.55. The molecule has 23 heavy (non-hydrogen) atoms. The fraction of sp³-hybridized carbons (Fsp3) is 0.235. The summed E-state index contributed by atoms with van der Waals surface area (Å²) in [4.78, 5) is 11.9. The number of Topliss-reactive ketones (excluding diaryl/α,β-unsaturated/α-hetero) is 1. The smallest absolute Gasteiger partial charge is 0.239 e. The van der Waals surface area contributed by atoms with Gasteiger partial charge in [0.25, 0.3) is 0 Å². The molecule has 0 saturated heterocycles. The summed E-state index contributed by atoms with van der Waals surface area (Å²) in [5.74, 6) is -0.934. The van der Waals surface area contributed by atoms with E-state index in [4.69, 9.17) is 0 Å². The number of sulfonamides is 1. The number of ketones is 1. The highest BCUT2D eigenvalue weighted by Crippen LogP contribution is 2.31. The average Bonchev–Trinajstić information content (AvgIpc) is 2.47. The van der Waals surface area contributed by atoms with E-state index in [0.717, 1.165) is 11.6 Å². The van der Waals surface area contributed by atoms with Crippen LogP contribution >= 0.6 is 0 Å². The van der Waals surface area contributed by atoms with Gasteiger partial charge in [-0.05, 0) is 30.7 Å². The SMILES string of the molecule is Cc1cccc(CS(=O)(=O)N2CCC(=O)c3cc(F)ccc32)c1. The zero-order valence-corrected chi connectivity index (χ0v) is 13.4. The maximum atomic E-state index is 13.4. The fourth-order valence-corrected chi connectivity index (χ4v) is 4.37. The first-order valence-electron chi connectivity index (χ1n) is 7.25. The maximum absolute atomic E-state index is 13.4. The number of halogens is 1. The second-order valence-electron chi connectivity index (χ2n) is 5.65. The van der Waals surface area contributed by atoms with Gasteiger partial charge in [-0.15, -0.1) is 0 Å². The molecule has 0 fully saturated rings. The summed E-state index contributed by atoms with van der Waals surface area (Å²) in [6.07, 6.45) is 0.0590. The van der Waals surface area contributed by atoms with E-state index in [-0.39, 0.29) is 35.8 Å². The van der Waals surface area contributed by atoms with E-state index in [1.54, 1.807) is 6.07 Å². The van der Waals surface area contributed by atoms with Crippen molar-refractivity contribution in [3.8, 4) is 0 Å². The molecule has 0 radical (unpaired) electrons. The second kappa shape index (κ2) is 5.77. The minimum atomic E-state index is -3.64. The van der Waals surface area contributed by atoms with Crippen molar-refractivity contribution >= 4 is 21.5 Å². The molecule has 0 aliphatic carbocycles. The Morgan fingerprint density at radius 1 is 1.17 bits per heavy atom. The number of fused-ring (bicyclic) bond motifs is 1. The molecular weight excluding hydrogens is 317 g/mol. The Labute approximate surface area is 134 Å². The molecule has 0 amide bonds. The molecule has 0 spiro atoms. The molecule has 6 heteroatoms.